The normalized spacial score (nSPS) is 11.3. The van der Waals surface area contributed by atoms with Gasteiger partial charge in [0.15, 0.2) is 9.84 Å². The number of rotatable bonds is 4. The van der Waals surface area contributed by atoms with E-state index >= 15 is 0 Å². The van der Waals surface area contributed by atoms with Gasteiger partial charge in [0.1, 0.15) is 0 Å². The van der Waals surface area contributed by atoms with E-state index in [4.69, 9.17) is 4.42 Å². The molecule has 0 spiro atoms. The Morgan fingerprint density at radius 1 is 1.08 bits per heavy atom. The van der Waals surface area contributed by atoms with Crippen LogP contribution in [0, 0.1) is 13.8 Å². The van der Waals surface area contributed by atoms with Crippen LogP contribution < -0.4 is 5.32 Å². The molecule has 0 aliphatic rings. The molecule has 1 amide bonds. The van der Waals surface area contributed by atoms with Gasteiger partial charge in [-0.2, -0.15) is 0 Å². The fourth-order valence-electron chi connectivity index (χ4n) is 2.39. The van der Waals surface area contributed by atoms with Gasteiger partial charge in [0.2, 0.25) is 5.89 Å². The monoisotopic (exact) mass is 371 g/mol. The third kappa shape index (κ3) is 3.80. The van der Waals surface area contributed by atoms with E-state index in [1.807, 2.05) is 32.0 Å². The third-order valence-electron chi connectivity index (χ3n) is 3.79. The van der Waals surface area contributed by atoms with Crippen LogP contribution in [0.1, 0.15) is 21.5 Å². The molecule has 0 fully saturated rings. The lowest BCUT2D eigenvalue weighted by atomic mass is 10.1. The Morgan fingerprint density at radius 3 is 2.58 bits per heavy atom. The molecule has 1 heterocycles. The summed E-state index contributed by atoms with van der Waals surface area (Å²) in [5, 5.41) is 10.3. The van der Waals surface area contributed by atoms with Gasteiger partial charge in [0, 0.05) is 17.4 Å². The zero-order valence-corrected chi connectivity index (χ0v) is 15.3. The molecule has 0 atom stereocenters. The first-order valence-electron chi connectivity index (χ1n) is 7.76. The number of amides is 1. The van der Waals surface area contributed by atoms with Crippen LogP contribution in [-0.2, 0) is 9.84 Å². The maximum Gasteiger partial charge on any atom is 0.322 e. The molecule has 0 bridgehead atoms. The van der Waals surface area contributed by atoms with Gasteiger partial charge >= 0.3 is 6.01 Å². The van der Waals surface area contributed by atoms with Crippen LogP contribution in [0.4, 0.5) is 6.01 Å². The molecule has 0 unspecified atom stereocenters. The summed E-state index contributed by atoms with van der Waals surface area (Å²) in [6, 6.07) is 11.5. The molecule has 0 aliphatic heterocycles. The van der Waals surface area contributed by atoms with Crippen molar-refractivity contribution in [2.45, 2.75) is 18.7 Å². The molecule has 3 rings (SSSR count). The summed E-state index contributed by atoms with van der Waals surface area (Å²) in [6.45, 7) is 3.88. The lowest BCUT2D eigenvalue weighted by Gasteiger charge is -2.04. The highest BCUT2D eigenvalue weighted by Gasteiger charge is 2.16. The topological polar surface area (TPSA) is 102 Å². The van der Waals surface area contributed by atoms with Crippen LogP contribution in [0.2, 0.25) is 0 Å². The van der Waals surface area contributed by atoms with Crippen molar-refractivity contribution in [2.75, 3.05) is 11.6 Å². The van der Waals surface area contributed by atoms with E-state index in [1.54, 1.807) is 0 Å². The first kappa shape index (κ1) is 17.8. The lowest BCUT2D eigenvalue weighted by molar-refractivity contribution is 0.102. The average Bonchev–Trinajstić information content (AvgIpc) is 3.04. The fourth-order valence-corrected chi connectivity index (χ4v) is 3.05. The van der Waals surface area contributed by atoms with Crippen molar-refractivity contribution in [3.05, 3.63) is 59.2 Å². The smallest absolute Gasteiger partial charge is 0.322 e. The molecule has 2 aromatic carbocycles. The highest BCUT2D eigenvalue weighted by Crippen LogP contribution is 2.24. The van der Waals surface area contributed by atoms with E-state index in [1.165, 1.54) is 24.3 Å². The van der Waals surface area contributed by atoms with Crippen LogP contribution in [0.15, 0.2) is 51.8 Å². The Bertz CT molecular complexity index is 1090. The maximum atomic E-state index is 12.3. The van der Waals surface area contributed by atoms with Crippen LogP contribution >= 0.6 is 0 Å². The molecule has 0 aliphatic carbocycles. The lowest BCUT2D eigenvalue weighted by Crippen LogP contribution is -2.13. The summed E-state index contributed by atoms with van der Waals surface area (Å²) in [5.74, 6) is -0.238. The molecule has 7 nitrogen and oxygen atoms in total. The molecule has 26 heavy (non-hydrogen) atoms. The second-order valence-electron chi connectivity index (χ2n) is 5.98. The Kier molecular flexibility index (Phi) is 4.60. The van der Waals surface area contributed by atoms with Crippen molar-refractivity contribution in [1.29, 1.82) is 0 Å². The zero-order valence-electron chi connectivity index (χ0n) is 14.5. The summed E-state index contributed by atoms with van der Waals surface area (Å²) < 4.78 is 28.7. The minimum atomic E-state index is -3.40. The minimum Gasteiger partial charge on any atom is -0.403 e. The summed E-state index contributed by atoms with van der Waals surface area (Å²) in [7, 11) is -3.40. The number of hydrogen-bond donors (Lipinski definition) is 1. The number of carbonyl (C=O) groups is 1. The number of carbonyl (C=O) groups excluding carboxylic acids is 1. The van der Waals surface area contributed by atoms with Crippen LogP contribution in [0.25, 0.3) is 11.5 Å². The number of anilines is 1. The molecule has 0 saturated carbocycles. The molecule has 1 N–H and O–H groups in total. The number of nitrogens with zero attached hydrogens (tertiary/aromatic N) is 2. The quantitative estimate of drug-likeness (QED) is 0.756. The molecular formula is C18H17N3O4S. The van der Waals surface area contributed by atoms with Crippen molar-refractivity contribution in [1.82, 2.24) is 10.2 Å². The number of aryl methyl sites for hydroxylation is 2. The molecular weight excluding hydrogens is 354 g/mol. The average molecular weight is 371 g/mol. The molecule has 8 heteroatoms. The van der Waals surface area contributed by atoms with Crippen LogP contribution in [0.3, 0.4) is 0 Å². The first-order chi connectivity index (χ1) is 12.2. The largest absolute Gasteiger partial charge is 0.403 e. The number of sulfone groups is 1. The molecule has 3 aromatic rings. The van der Waals surface area contributed by atoms with E-state index in [0.717, 1.165) is 22.9 Å². The van der Waals surface area contributed by atoms with Crippen molar-refractivity contribution in [3.63, 3.8) is 0 Å². The predicted molar refractivity (Wildman–Crippen MR) is 96.7 cm³/mol. The predicted octanol–water partition coefficient (Wildman–Crippen LogP) is 3.01. The molecule has 0 radical (unpaired) electrons. The summed E-state index contributed by atoms with van der Waals surface area (Å²) in [6.07, 6.45) is 1.08. The van der Waals surface area contributed by atoms with Crippen molar-refractivity contribution in [3.8, 4) is 11.5 Å². The van der Waals surface area contributed by atoms with Gasteiger partial charge < -0.3 is 4.42 Å². The van der Waals surface area contributed by atoms with Crippen LogP contribution in [-0.4, -0.2) is 30.8 Å². The molecule has 0 saturated heterocycles. The highest BCUT2D eigenvalue weighted by molar-refractivity contribution is 7.90. The van der Waals surface area contributed by atoms with Gasteiger partial charge in [-0.25, -0.2) is 8.42 Å². The van der Waals surface area contributed by atoms with Crippen LogP contribution in [0.5, 0.6) is 0 Å². The summed E-state index contributed by atoms with van der Waals surface area (Å²) in [5.41, 5.74) is 2.99. The number of nitrogens with one attached hydrogen (secondary N) is 1. The Morgan fingerprint density at radius 2 is 1.85 bits per heavy atom. The summed E-state index contributed by atoms with van der Waals surface area (Å²) >= 11 is 0. The maximum absolute atomic E-state index is 12.3. The van der Waals surface area contributed by atoms with Gasteiger partial charge in [-0.05, 0) is 43.7 Å². The molecule has 134 valence electrons. The van der Waals surface area contributed by atoms with E-state index < -0.39 is 15.7 Å². The van der Waals surface area contributed by atoms with E-state index in [0.29, 0.717) is 5.89 Å². The molecule has 1 aromatic heterocycles. The Labute approximate surface area is 151 Å². The van der Waals surface area contributed by atoms with Gasteiger partial charge in [0.05, 0.1) is 4.90 Å². The van der Waals surface area contributed by atoms with Gasteiger partial charge in [0.25, 0.3) is 5.91 Å². The van der Waals surface area contributed by atoms with E-state index in [2.05, 4.69) is 15.5 Å². The second-order valence-corrected chi connectivity index (χ2v) is 8.00. The fraction of sp³-hybridized carbons (Fsp3) is 0.167. The highest BCUT2D eigenvalue weighted by atomic mass is 32.2. The van der Waals surface area contributed by atoms with E-state index in [-0.39, 0.29) is 16.5 Å². The number of aromatic nitrogens is 2. The van der Waals surface area contributed by atoms with Gasteiger partial charge in [-0.1, -0.05) is 28.9 Å². The Hall–Kier alpha value is -3.00. The zero-order chi connectivity index (χ0) is 18.9. The van der Waals surface area contributed by atoms with Crippen molar-refractivity contribution >= 4 is 21.8 Å². The summed E-state index contributed by atoms with van der Waals surface area (Å²) in [4.78, 5) is 12.4. The van der Waals surface area contributed by atoms with Crippen molar-refractivity contribution < 1.29 is 17.6 Å². The van der Waals surface area contributed by atoms with Gasteiger partial charge in [-0.15, -0.1) is 5.10 Å². The van der Waals surface area contributed by atoms with Gasteiger partial charge in [-0.3, -0.25) is 10.1 Å². The Balaban J connectivity index is 1.83. The first-order valence-corrected chi connectivity index (χ1v) is 9.66. The third-order valence-corrected chi connectivity index (χ3v) is 4.90. The number of hydrogen-bond acceptors (Lipinski definition) is 6. The standard InChI is InChI=1S/C18H17N3O4S/c1-11-7-8-12(2)15(9-11)17-20-21-18(25-17)19-16(22)13-5-4-6-14(10-13)26(3,23)24/h4-10H,1-3H3,(H,19,21,22). The van der Waals surface area contributed by atoms with Crippen molar-refractivity contribution in [2.24, 2.45) is 0 Å². The minimum absolute atomic E-state index is 0.0596. The SMILES string of the molecule is Cc1ccc(C)c(-c2nnc(NC(=O)c3cccc(S(C)(=O)=O)c3)o2)c1. The number of benzene rings is 2. The second kappa shape index (κ2) is 6.72. The van der Waals surface area contributed by atoms with E-state index in [9.17, 15) is 13.2 Å².